The van der Waals surface area contributed by atoms with Gasteiger partial charge in [0.2, 0.25) is 0 Å². The summed E-state index contributed by atoms with van der Waals surface area (Å²) in [5.41, 5.74) is 0.0882. The number of alkyl halides is 2. The molecule has 1 nitrogen and oxygen atoms in total. The SMILES string of the molecule is OCCC12CCCC1C2(Cl)Cl. The molecule has 0 aromatic heterocycles. The first-order valence-corrected chi connectivity index (χ1v) is 4.89. The van der Waals surface area contributed by atoms with Gasteiger partial charge in [-0.05, 0) is 19.3 Å². The van der Waals surface area contributed by atoms with E-state index in [1.165, 1.54) is 6.42 Å². The molecule has 0 aromatic rings. The summed E-state index contributed by atoms with van der Waals surface area (Å²) >= 11 is 12.2. The van der Waals surface area contributed by atoms with Gasteiger partial charge in [-0.15, -0.1) is 23.2 Å². The van der Waals surface area contributed by atoms with Crippen molar-refractivity contribution < 1.29 is 5.11 Å². The normalized spacial score (nSPS) is 45.5. The molecule has 2 unspecified atom stereocenters. The van der Waals surface area contributed by atoms with Gasteiger partial charge in [0.05, 0.1) is 0 Å². The Morgan fingerprint density at radius 1 is 1.45 bits per heavy atom. The van der Waals surface area contributed by atoms with Gasteiger partial charge in [-0.2, -0.15) is 0 Å². The third-order valence-electron chi connectivity index (χ3n) is 3.36. The monoisotopic (exact) mass is 194 g/mol. The summed E-state index contributed by atoms with van der Waals surface area (Å²) in [6, 6.07) is 0. The molecule has 2 atom stereocenters. The summed E-state index contributed by atoms with van der Waals surface area (Å²) in [5, 5.41) is 8.83. The maximum Gasteiger partial charge on any atom is 0.127 e. The van der Waals surface area contributed by atoms with Crippen LogP contribution in [-0.2, 0) is 0 Å². The molecule has 3 heteroatoms. The zero-order valence-corrected chi connectivity index (χ0v) is 7.83. The fourth-order valence-corrected chi connectivity index (χ4v) is 3.85. The molecular formula is C8H12Cl2O. The van der Waals surface area contributed by atoms with Crippen molar-refractivity contribution in [2.75, 3.05) is 6.61 Å². The van der Waals surface area contributed by atoms with Gasteiger partial charge in [-0.1, -0.05) is 6.42 Å². The average molecular weight is 195 g/mol. The predicted octanol–water partition coefficient (Wildman–Crippen LogP) is 2.34. The minimum atomic E-state index is -0.506. The summed E-state index contributed by atoms with van der Waals surface area (Å²) in [6.45, 7) is 0.220. The maximum absolute atomic E-state index is 8.83. The van der Waals surface area contributed by atoms with E-state index in [0.29, 0.717) is 5.92 Å². The lowest BCUT2D eigenvalue weighted by Gasteiger charge is -2.13. The Balaban J connectivity index is 2.13. The quantitative estimate of drug-likeness (QED) is 0.670. The second kappa shape index (κ2) is 2.27. The second-order valence-corrected chi connectivity index (χ2v) is 5.08. The van der Waals surface area contributed by atoms with Gasteiger partial charge < -0.3 is 5.11 Å². The van der Waals surface area contributed by atoms with E-state index >= 15 is 0 Å². The van der Waals surface area contributed by atoms with Crippen LogP contribution in [0.1, 0.15) is 25.7 Å². The Morgan fingerprint density at radius 3 is 2.64 bits per heavy atom. The number of rotatable bonds is 2. The minimum absolute atomic E-state index is 0.0882. The summed E-state index contributed by atoms with van der Waals surface area (Å²) in [6.07, 6.45) is 4.26. The van der Waals surface area contributed by atoms with Gasteiger partial charge >= 0.3 is 0 Å². The lowest BCUT2D eigenvalue weighted by Crippen LogP contribution is -2.10. The van der Waals surface area contributed by atoms with Gasteiger partial charge in [0.15, 0.2) is 0 Å². The van der Waals surface area contributed by atoms with Crippen molar-refractivity contribution in [2.45, 2.75) is 30.0 Å². The number of fused-ring (bicyclic) bond motifs is 1. The number of halogens is 2. The van der Waals surface area contributed by atoms with Gasteiger partial charge in [-0.25, -0.2) is 0 Å². The highest BCUT2D eigenvalue weighted by molar-refractivity contribution is 6.52. The van der Waals surface area contributed by atoms with E-state index in [9.17, 15) is 0 Å². The molecule has 0 aromatic carbocycles. The molecule has 11 heavy (non-hydrogen) atoms. The topological polar surface area (TPSA) is 20.2 Å². The van der Waals surface area contributed by atoms with Crippen molar-refractivity contribution in [3.05, 3.63) is 0 Å². The van der Waals surface area contributed by atoms with Crippen LogP contribution in [0.15, 0.2) is 0 Å². The molecule has 1 N–H and O–H groups in total. The van der Waals surface area contributed by atoms with Crippen LogP contribution in [0.4, 0.5) is 0 Å². The molecular weight excluding hydrogens is 183 g/mol. The van der Waals surface area contributed by atoms with Crippen LogP contribution in [0.3, 0.4) is 0 Å². The molecule has 2 aliphatic carbocycles. The summed E-state index contributed by atoms with van der Waals surface area (Å²) < 4.78 is -0.506. The van der Waals surface area contributed by atoms with E-state index in [1.807, 2.05) is 0 Å². The van der Waals surface area contributed by atoms with Crippen molar-refractivity contribution in [2.24, 2.45) is 11.3 Å². The standard InChI is InChI=1S/C8H12Cl2O/c9-8(10)6-2-1-3-7(6,8)4-5-11/h6,11H,1-5H2. The van der Waals surface area contributed by atoms with Gasteiger partial charge in [0.1, 0.15) is 4.33 Å². The van der Waals surface area contributed by atoms with E-state index in [0.717, 1.165) is 19.3 Å². The van der Waals surface area contributed by atoms with Crippen LogP contribution in [0.5, 0.6) is 0 Å². The van der Waals surface area contributed by atoms with E-state index < -0.39 is 4.33 Å². The van der Waals surface area contributed by atoms with Crippen molar-refractivity contribution in [1.82, 2.24) is 0 Å². The van der Waals surface area contributed by atoms with Gasteiger partial charge in [0.25, 0.3) is 0 Å². The fraction of sp³-hybridized carbons (Fsp3) is 1.00. The molecule has 0 amide bonds. The van der Waals surface area contributed by atoms with Gasteiger partial charge in [-0.3, -0.25) is 0 Å². The third-order valence-corrected chi connectivity index (χ3v) is 4.64. The Hall–Kier alpha value is 0.540. The largest absolute Gasteiger partial charge is 0.396 e. The first-order valence-electron chi connectivity index (χ1n) is 4.14. The fourth-order valence-electron chi connectivity index (χ4n) is 2.68. The molecule has 2 aliphatic rings. The van der Waals surface area contributed by atoms with E-state index in [4.69, 9.17) is 28.3 Å². The zero-order valence-electron chi connectivity index (χ0n) is 6.32. The smallest absolute Gasteiger partial charge is 0.127 e. The lowest BCUT2D eigenvalue weighted by atomic mass is 10.00. The molecule has 2 saturated carbocycles. The van der Waals surface area contributed by atoms with Crippen molar-refractivity contribution >= 4 is 23.2 Å². The molecule has 0 aliphatic heterocycles. The second-order valence-electron chi connectivity index (χ2n) is 3.70. The maximum atomic E-state index is 8.83. The summed E-state index contributed by atoms with van der Waals surface area (Å²) in [5.74, 6) is 0.463. The highest BCUT2D eigenvalue weighted by atomic mass is 35.5. The summed E-state index contributed by atoms with van der Waals surface area (Å²) in [4.78, 5) is 0. The van der Waals surface area contributed by atoms with Crippen molar-refractivity contribution in [1.29, 1.82) is 0 Å². The van der Waals surface area contributed by atoms with E-state index in [-0.39, 0.29) is 12.0 Å². The first-order chi connectivity index (χ1) is 5.15. The van der Waals surface area contributed by atoms with Crippen LogP contribution < -0.4 is 0 Å². The molecule has 2 rings (SSSR count). The third kappa shape index (κ3) is 0.824. The number of aliphatic hydroxyl groups excluding tert-OH is 1. The highest BCUT2D eigenvalue weighted by Gasteiger charge is 2.76. The van der Waals surface area contributed by atoms with Crippen LogP contribution in [-0.4, -0.2) is 16.0 Å². The number of aliphatic hydroxyl groups is 1. The average Bonchev–Trinajstić information content (AvgIpc) is 2.29. The summed E-state index contributed by atoms with van der Waals surface area (Å²) in [7, 11) is 0. The molecule has 0 bridgehead atoms. The number of hydrogen-bond donors (Lipinski definition) is 1. The highest BCUT2D eigenvalue weighted by Crippen LogP contribution is 2.77. The Morgan fingerprint density at radius 2 is 2.18 bits per heavy atom. The zero-order chi connectivity index (χ0) is 8.11. The van der Waals surface area contributed by atoms with Gasteiger partial charge in [0, 0.05) is 17.9 Å². The lowest BCUT2D eigenvalue weighted by molar-refractivity contribution is 0.243. The predicted molar refractivity (Wildman–Crippen MR) is 45.9 cm³/mol. The Bertz CT molecular complexity index is 181. The molecule has 0 radical (unpaired) electrons. The Labute approximate surface area is 76.7 Å². The molecule has 0 saturated heterocycles. The van der Waals surface area contributed by atoms with Crippen molar-refractivity contribution in [3.8, 4) is 0 Å². The van der Waals surface area contributed by atoms with Crippen LogP contribution >= 0.6 is 23.2 Å². The van der Waals surface area contributed by atoms with E-state index in [2.05, 4.69) is 0 Å². The first kappa shape index (κ1) is 8.15. The molecule has 0 spiro atoms. The molecule has 0 heterocycles. The minimum Gasteiger partial charge on any atom is -0.396 e. The number of hydrogen-bond acceptors (Lipinski definition) is 1. The molecule has 64 valence electrons. The molecule has 2 fully saturated rings. The Kier molecular flexibility index (Phi) is 1.69. The van der Waals surface area contributed by atoms with Crippen molar-refractivity contribution in [3.63, 3.8) is 0 Å². The van der Waals surface area contributed by atoms with Crippen LogP contribution in [0.25, 0.3) is 0 Å². The van der Waals surface area contributed by atoms with Crippen LogP contribution in [0, 0.1) is 11.3 Å². The van der Waals surface area contributed by atoms with E-state index in [1.54, 1.807) is 0 Å². The van der Waals surface area contributed by atoms with Crippen LogP contribution in [0.2, 0.25) is 0 Å².